The van der Waals surface area contributed by atoms with Crippen LogP contribution in [0.3, 0.4) is 0 Å². The lowest BCUT2D eigenvalue weighted by molar-refractivity contribution is 0.0827. The predicted molar refractivity (Wildman–Crippen MR) is 107 cm³/mol. The first-order valence-corrected chi connectivity index (χ1v) is 8.64. The van der Waals surface area contributed by atoms with Crippen molar-refractivity contribution in [3.8, 4) is 0 Å². The topological polar surface area (TPSA) is 34.5 Å². The zero-order valence-electron chi connectivity index (χ0n) is 15.1. The average molecular weight is 403 g/mol. The molecule has 1 amide bonds. The number of hydrogen-bond acceptors (Lipinski definition) is 2. The molecule has 0 aliphatic heterocycles. The predicted octanol–water partition coefficient (Wildman–Crippen LogP) is 2.79. The van der Waals surface area contributed by atoms with E-state index in [-0.39, 0.29) is 5.91 Å². The van der Waals surface area contributed by atoms with Gasteiger partial charge in [-0.15, -0.1) is 0 Å². The molecule has 5 heteroatoms. The molecule has 0 saturated carbocycles. The summed E-state index contributed by atoms with van der Waals surface area (Å²) in [7, 11) is 5.10. The lowest BCUT2D eigenvalue weighted by atomic mass is 10.1. The van der Waals surface area contributed by atoms with E-state index in [2.05, 4.69) is 33.7 Å². The summed E-state index contributed by atoms with van der Waals surface area (Å²) in [6, 6.07) is 9.59. The number of aromatic nitrogens is 1. The van der Waals surface area contributed by atoms with Crippen LogP contribution >= 0.6 is 15.9 Å². The summed E-state index contributed by atoms with van der Waals surface area (Å²) in [6.07, 6.45) is 0. The normalized spacial score (nSPS) is 11.9. The second-order valence-electron chi connectivity index (χ2n) is 6.05. The van der Waals surface area contributed by atoms with Crippen LogP contribution in [-0.4, -0.2) is 36.6 Å². The molecule has 4 nitrogen and oxygen atoms in total. The summed E-state index contributed by atoms with van der Waals surface area (Å²) in [5.41, 5.74) is 2.63. The van der Waals surface area contributed by atoms with Crippen molar-refractivity contribution in [1.82, 2.24) is 9.47 Å². The van der Waals surface area contributed by atoms with Crippen molar-refractivity contribution in [3.05, 3.63) is 64.3 Å². The Morgan fingerprint density at radius 3 is 2.36 bits per heavy atom. The standard InChI is InChI=1S/C20H23BrN2O2/c1-13-11-18(15(3)25-6)23(19(13)14(2)21)12-16-7-9-17(10-8-16)20(24)22(4)5/h7-11H,1,3,12H2,2,4-6H3/b19-14-. The maximum atomic E-state index is 12.0. The van der Waals surface area contributed by atoms with Crippen molar-refractivity contribution < 1.29 is 9.53 Å². The smallest absolute Gasteiger partial charge is 0.253 e. The molecule has 2 aromatic rings. The Morgan fingerprint density at radius 1 is 1.28 bits per heavy atom. The van der Waals surface area contributed by atoms with Crippen molar-refractivity contribution in [1.29, 1.82) is 0 Å². The van der Waals surface area contributed by atoms with Gasteiger partial charge >= 0.3 is 0 Å². The fraction of sp³-hybridized carbons (Fsp3) is 0.250. The SMILES string of the molecule is C=C(OC)c1cc(=C)/c(=C(\C)Br)n1Cc1ccc(C(=O)N(C)C)cc1. The molecule has 0 aliphatic carbocycles. The number of benzene rings is 1. The molecule has 1 aromatic carbocycles. The van der Waals surface area contributed by atoms with Crippen molar-refractivity contribution in [2.45, 2.75) is 13.5 Å². The molecule has 132 valence electrons. The first kappa shape index (κ1) is 19.1. The highest BCUT2D eigenvalue weighted by Crippen LogP contribution is 2.14. The maximum Gasteiger partial charge on any atom is 0.253 e. The molecule has 0 bridgehead atoms. The molecule has 0 radical (unpaired) electrons. The van der Waals surface area contributed by atoms with Gasteiger partial charge in [-0.05, 0) is 35.9 Å². The number of ether oxygens (including phenoxy) is 1. The fourth-order valence-electron chi connectivity index (χ4n) is 2.71. The summed E-state index contributed by atoms with van der Waals surface area (Å²) in [4.78, 5) is 13.6. The third-order valence-electron chi connectivity index (χ3n) is 3.98. The number of methoxy groups -OCH3 is 1. The molecule has 1 heterocycles. The average Bonchev–Trinajstić information content (AvgIpc) is 2.90. The van der Waals surface area contributed by atoms with Crippen LogP contribution in [-0.2, 0) is 11.3 Å². The molecule has 0 N–H and O–H groups in total. The molecule has 0 aliphatic rings. The first-order chi connectivity index (χ1) is 11.8. The Morgan fingerprint density at radius 2 is 1.88 bits per heavy atom. The molecular weight excluding hydrogens is 380 g/mol. The minimum atomic E-state index is -0.00802. The lowest BCUT2D eigenvalue weighted by Crippen LogP contribution is -2.30. The summed E-state index contributed by atoms with van der Waals surface area (Å²) in [5.74, 6) is 0.579. The van der Waals surface area contributed by atoms with E-state index >= 15 is 0 Å². The Balaban J connectivity index is 2.47. The molecule has 0 fully saturated rings. The van der Waals surface area contributed by atoms with Gasteiger partial charge in [-0.1, -0.05) is 41.2 Å². The Kier molecular flexibility index (Phi) is 5.90. The lowest BCUT2D eigenvalue weighted by Gasteiger charge is -2.13. The Labute approximate surface area is 156 Å². The van der Waals surface area contributed by atoms with Crippen molar-refractivity contribution in [2.24, 2.45) is 0 Å². The van der Waals surface area contributed by atoms with Gasteiger partial charge in [0.25, 0.3) is 5.91 Å². The van der Waals surface area contributed by atoms with E-state index in [4.69, 9.17) is 4.74 Å². The van der Waals surface area contributed by atoms with Gasteiger partial charge in [0.15, 0.2) is 0 Å². The second-order valence-corrected chi connectivity index (χ2v) is 7.24. The highest BCUT2D eigenvalue weighted by molar-refractivity contribution is 9.14. The first-order valence-electron chi connectivity index (χ1n) is 7.85. The minimum absolute atomic E-state index is 0.00802. The van der Waals surface area contributed by atoms with Crippen LogP contribution in [0.5, 0.6) is 0 Å². The number of halogens is 1. The molecule has 0 saturated heterocycles. The fourth-order valence-corrected chi connectivity index (χ4v) is 3.17. The number of nitrogens with zero attached hydrogens (tertiary/aromatic N) is 2. The summed E-state index contributed by atoms with van der Waals surface area (Å²) in [5, 5.41) is 1.91. The van der Waals surface area contributed by atoms with E-state index in [1.54, 1.807) is 26.1 Å². The number of hydrogen-bond donors (Lipinski definition) is 0. The third-order valence-corrected chi connectivity index (χ3v) is 4.36. The molecular formula is C20H23BrN2O2. The second kappa shape index (κ2) is 7.74. The van der Waals surface area contributed by atoms with Crippen LogP contribution in [0.4, 0.5) is 0 Å². The molecule has 2 rings (SSSR count). The van der Waals surface area contributed by atoms with Gasteiger partial charge < -0.3 is 14.2 Å². The van der Waals surface area contributed by atoms with Crippen LogP contribution in [0.2, 0.25) is 0 Å². The van der Waals surface area contributed by atoms with Gasteiger partial charge in [0.05, 0.1) is 18.2 Å². The number of carbonyl (C=O) groups is 1. The van der Waals surface area contributed by atoms with Crippen molar-refractivity contribution in [3.63, 3.8) is 0 Å². The van der Waals surface area contributed by atoms with Gasteiger partial charge in [0, 0.05) is 30.7 Å². The largest absolute Gasteiger partial charge is 0.495 e. The zero-order chi connectivity index (χ0) is 18.7. The monoisotopic (exact) mass is 402 g/mol. The van der Waals surface area contributed by atoms with E-state index in [9.17, 15) is 4.79 Å². The van der Waals surface area contributed by atoms with Gasteiger partial charge in [0.1, 0.15) is 5.76 Å². The van der Waals surface area contributed by atoms with Crippen LogP contribution in [0.1, 0.15) is 28.5 Å². The number of amides is 1. The summed E-state index contributed by atoms with van der Waals surface area (Å²) >= 11 is 3.56. The molecule has 0 atom stereocenters. The van der Waals surface area contributed by atoms with E-state index < -0.39 is 0 Å². The van der Waals surface area contributed by atoms with E-state index in [1.807, 2.05) is 37.3 Å². The van der Waals surface area contributed by atoms with E-state index in [0.717, 1.165) is 26.3 Å². The van der Waals surface area contributed by atoms with Crippen molar-refractivity contribution >= 4 is 38.7 Å². The molecule has 25 heavy (non-hydrogen) atoms. The van der Waals surface area contributed by atoms with Crippen LogP contribution in [0.15, 0.2) is 36.9 Å². The minimum Gasteiger partial charge on any atom is -0.495 e. The van der Waals surface area contributed by atoms with Crippen LogP contribution < -0.4 is 10.6 Å². The van der Waals surface area contributed by atoms with E-state index in [0.29, 0.717) is 17.9 Å². The highest BCUT2D eigenvalue weighted by Gasteiger charge is 2.12. The van der Waals surface area contributed by atoms with Gasteiger partial charge in [0.2, 0.25) is 0 Å². The van der Waals surface area contributed by atoms with Crippen LogP contribution in [0.25, 0.3) is 16.8 Å². The van der Waals surface area contributed by atoms with Gasteiger partial charge in [-0.2, -0.15) is 0 Å². The Bertz CT molecular complexity index is 904. The van der Waals surface area contributed by atoms with Gasteiger partial charge in [-0.25, -0.2) is 0 Å². The quantitative estimate of drug-likeness (QED) is 0.720. The molecule has 0 unspecified atom stereocenters. The highest BCUT2D eigenvalue weighted by atomic mass is 79.9. The van der Waals surface area contributed by atoms with Crippen LogP contribution in [0, 0.1) is 0 Å². The Hall–Kier alpha value is -2.27. The summed E-state index contributed by atoms with van der Waals surface area (Å²) < 4.78 is 8.43. The number of rotatable bonds is 5. The molecule has 0 spiro atoms. The zero-order valence-corrected chi connectivity index (χ0v) is 16.7. The number of carbonyl (C=O) groups excluding carboxylic acids is 1. The van der Waals surface area contributed by atoms with Crippen molar-refractivity contribution in [2.75, 3.05) is 21.2 Å². The summed E-state index contributed by atoms with van der Waals surface area (Å²) in [6.45, 7) is 10.7. The third kappa shape index (κ3) is 4.04. The van der Waals surface area contributed by atoms with E-state index in [1.165, 1.54) is 0 Å². The molecule has 1 aromatic heterocycles. The maximum absolute atomic E-state index is 12.0. The van der Waals surface area contributed by atoms with Gasteiger partial charge in [-0.3, -0.25) is 4.79 Å².